The third kappa shape index (κ3) is 2.82. The predicted molar refractivity (Wildman–Crippen MR) is 55.8 cm³/mol. The van der Waals surface area contributed by atoms with E-state index in [0.29, 0.717) is 0 Å². The Hall–Kier alpha value is -0.340. The Kier molecular flexibility index (Phi) is 3.39. The van der Waals surface area contributed by atoms with E-state index in [9.17, 15) is 0 Å². The first-order chi connectivity index (χ1) is 6.45. The summed E-state index contributed by atoms with van der Waals surface area (Å²) in [6.45, 7) is 3.58. The summed E-state index contributed by atoms with van der Waals surface area (Å²) in [5.41, 5.74) is 0. The lowest BCUT2D eigenvalue weighted by Gasteiger charge is -2.20. The van der Waals surface area contributed by atoms with Crippen molar-refractivity contribution in [1.82, 2.24) is 10.6 Å². The van der Waals surface area contributed by atoms with E-state index in [2.05, 4.69) is 22.8 Å². The summed E-state index contributed by atoms with van der Waals surface area (Å²) in [4.78, 5) is 0. The molecule has 0 saturated carbocycles. The lowest BCUT2D eigenvalue weighted by Crippen LogP contribution is -2.35. The molecular weight excluding hydrogens is 160 g/mol. The third-order valence-electron chi connectivity index (χ3n) is 3.13. The second kappa shape index (κ2) is 4.77. The van der Waals surface area contributed by atoms with Crippen LogP contribution in [0.1, 0.15) is 25.7 Å². The molecule has 2 nitrogen and oxygen atoms in total. The van der Waals surface area contributed by atoms with Gasteiger partial charge in [-0.15, -0.1) is 0 Å². The Balaban J connectivity index is 1.63. The van der Waals surface area contributed by atoms with Gasteiger partial charge in [0.25, 0.3) is 0 Å². The van der Waals surface area contributed by atoms with Crippen molar-refractivity contribution in [1.29, 1.82) is 0 Å². The largest absolute Gasteiger partial charge is 0.315 e. The molecule has 1 aliphatic heterocycles. The molecule has 1 aliphatic carbocycles. The van der Waals surface area contributed by atoms with E-state index < -0.39 is 0 Å². The molecule has 2 heteroatoms. The molecule has 0 spiro atoms. The minimum atomic E-state index is 0.742. The van der Waals surface area contributed by atoms with Gasteiger partial charge in [-0.1, -0.05) is 12.2 Å². The van der Waals surface area contributed by atoms with E-state index >= 15 is 0 Å². The van der Waals surface area contributed by atoms with Crippen LogP contribution in [0.5, 0.6) is 0 Å². The van der Waals surface area contributed by atoms with Crippen molar-refractivity contribution in [2.45, 2.75) is 31.7 Å². The van der Waals surface area contributed by atoms with Crippen LogP contribution >= 0.6 is 0 Å². The molecule has 74 valence electrons. The molecule has 2 N–H and O–H groups in total. The summed E-state index contributed by atoms with van der Waals surface area (Å²) in [5, 5.41) is 7.04. The van der Waals surface area contributed by atoms with Crippen molar-refractivity contribution < 1.29 is 0 Å². The maximum atomic E-state index is 3.65. The lowest BCUT2D eigenvalue weighted by atomic mass is 9.94. The van der Waals surface area contributed by atoms with E-state index in [-0.39, 0.29) is 0 Å². The summed E-state index contributed by atoms with van der Waals surface area (Å²) in [5.74, 6) is 0.894. The van der Waals surface area contributed by atoms with Crippen LogP contribution in [-0.4, -0.2) is 25.7 Å². The van der Waals surface area contributed by atoms with Crippen LogP contribution in [0.2, 0.25) is 0 Å². The predicted octanol–water partition coefficient (Wildman–Crippen LogP) is 1.29. The van der Waals surface area contributed by atoms with Gasteiger partial charge in [-0.25, -0.2) is 0 Å². The van der Waals surface area contributed by atoms with Gasteiger partial charge in [-0.3, -0.25) is 0 Å². The van der Waals surface area contributed by atoms with Crippen LogP contribution in [0.25, 0.3) is 0 Å². The highest BCUT2D eigenvalue weighted by Crippen LogP contribution is 2.17. The number of rotatable bonds is 3. The smallest absolute Gasteiger partial charge is 0.0204 e. The van der Waals surface area contributed by atoms with E-state index in [1.165, 1.54) is 45.3 Å². The molecule has 0 aromatic heterocycles. The molecule has 1 unspecified atom stereocenters. The van der Waals surface area contributed by atoms with Crippen molar-refractivity contribution in [3.8, 4) is 0 Å². The van der Waals surface area contributed by atoms with Gasteiger partial charge in [0.05, 0.1) is 0 Å². The Bertz CT molecular complexity index is 171. The fourth-order valence-corrected chi connectivity index (χ4v) is 2.20. The minimum Gasteiger partial charge on any atom is -0.315 e. The molecule has 0 bridgehead atoms. The van der Waals surface area contributed by atoms with Crippen LogP contribution in [0.3, 0.4) is 0 Å². The Morgan fingerprint density at radius 2 is 2.31 bits per heavy atom. The Morgan fingerprint density at radius 3 is 3.00 bits per heavy atom. The van der Waals surface area contributed by atoms with Gasteiger partial charge in [0, 0.05) is 12.6 Å². The molecule has 0 amide bonds. The maximum absolute atomic E-state index is 3.65. The highest BCUT2D eigenvalue weighted by atomic mass is 15.0. The summed E-state index contributed by atoms with van der Waals surface area (Å²) in [6.07, 6.45) is 9.91. The van der Waals surface area contributed by atoms with Crippen LogP contribution in [0.4, 0.5) is 0 Å². The fraction of sp³-hybridized carbons (Fsp3) is 0.818. The number of allylic oxidation sites excluding steroid dienone is 2. The first-order valence-electron chi connectivity index (χ1n) is 5.54. The molecule has 2 atom stereocenters. The molecule has 0 aromatic carbocycles. The van der Waals surface area contributed by atoms with Gasteiger partial charge in [0.1, 0.15) is 0 Å². The van der Waals surface area contributed by atoms with Crippen molar-refractivity contribution in [2.75, 3.05) is 19.6 Å². The highest BCUT2D eigenvalue weighted by Gasteiger charge is 2.16. The van der Waals surface area contributed by atoms with Gasteiger partial charge in [0.15, 0.2) is 0 Å². The molecule has 1 saturated heterocycles. The van der Waals surface area contributed by atoms with Crippen molar-refractivity contribution in [2.24, 2.45) is 5.92 Å². The van der Waals surface area contributed by atoms with Gasteiger partial charge in [-0.2, -0.15) is 0 Å². The van der Waals surface area contributed by atoms with Crippen LogP contribution in [-0.2, 0) is 0 Å². The summed E-state index contributed by atoms with van der Waals surface area (Å²) < 4.78 is 0. The van der Waals surface area contributed by atoms with Crippen LogP contribution < -0.4 is 10.6 Å². The monoisotopic (exact) mass is 180 g/mol. The molecule has 1 fully saturated rings. The second-order valence-electron chi connectivity index (χ2n) is 4.25. The molecular formula is C11H20N2. The topological polar surface area (TPSA) is 24.1 Å². The van der Waals surface area contributed by atoms with E-state index in [1.54, 1.807) is 0 Å². The number of nitrogens with one attached hydrogen (secondary N) is 2. The van der Waals surface area contributed by atoms with E-state index in [4.69, 9.17) is 0 Å². The van der Waals surface area contributed by atoms with Gasteiger partial charge in [-0.05, 0) is 44.7 Å². The summed E-state index contributed by atoms with van der Waals surface area (Å²) >= 11 is 0. The zero-order chi connectivity index (χ0) is 8.93. The molecule has 0 aromatic rings. The van der Waals surface area contributed by atoms with Crippen LogP contribution in [0, 0.1) is 5.92 Å². The standard InChI is InChI=1S/C11H20N2/c1-2-4-10(5-3-1)8-13-11-6-7-12-9-11/h1-2,10-13H,3-9H2/t10?,11-/m0/s1. The van der Waals surface area contributed by atoms with Gasteiger partial charge in [0.2, 0.25) is 0 Å². The molecule has 0 radical (unpaired) electrons. The normalized spacial score (nSPS) is 33.8. The van der Waals surface area contributed by atoms with E-state index in [1.807, 2.05) is 0 Å². The molecule has 2 rings (SSSR count). The molecule has 13 heavy (non-hydrogen) atoms. The van der Waals surface area contributed by atoms with E-state index in [0.717, 1.165) is 12.0 Å². The first kappa shape index (κ1) is 9.22. The Morgan fingerprint density at radius 1 is 1.31 bits per heavy atom. The number of hydrogen-bond acceptors (Lipinski definition) is 2. The minimum absolute atomic E-state index is 0.742. The SMILES string of the molecule is C1=CCC(CN[C@H]2CCNC2)CC1. The second-order valence-corrected chi connectivity index (χ2v) is 4.25. The molecule has 1 heterocycles. The first-order valence-corrected chi connectivity index (χ1v) is 5.54. The Labute approximate surface area is 80.8 Å². The fourth-order valence-electron chi connectivity index (χ4n) is 2.20. The summed E-state index contributed by atoms with van der Waals surface area (Å²) in [6, 6.07) is 0.742. The van der Waals surface area contributed by atoms with Crippen molar-refractivity contribution in [3.63, 3.8) is 0 Å². The lowest BCUT2D eigenvalue weighted by molar-refractivity contribution is 0.410. The zero-order valence-electron chi connectivity index (χ0n) is 8.26. The van der Waals surface area contributed by atoms with Gasteiger partial charge >= 0.3 is 0 Å². The maximum Gasteiger partial charge on any atom is 0.0204 e. The van der Waals surface area contributed by atoms with Gasteiger partial charge < -0.3 is 10.6 Å². The quantitative estimate of drug-likeness (QED) is 0.640. The summed E-state index contributed by atoms with van der Waals surface area (Å²) in [7, 11) is 0. The highest BCUT2D eigenvalue weighted by molar-refractivity contribution is 4.91. The third-order valence-corrected chi connectivity index (χ3v) is 3.13. The average molecular weight is 180 g/mol. The van der Waals surface area contributed by atoms with Crippen LogP contribution in [0.15, 0.2) is 12.2 Å². The number of hydrogen-bond donors (Lipinski definition) is 2. The van der Waals surface area contributed by atoms with Crippen molar-refractivity contribution >= 4 is 0 Å². The molecule has 2 aliphatic rings. The average Bonchev–Trinajstić information content (AvgIpc) is 2.69. The van der Waals surface area contributed by atoms with Crippen molar-refractivity contribution in [3.05, 3.63) is 12.2 Å². The zero-order valence-corrected chi connectivity index (χ0v) is 8.26.